The highest BCUT2D eigenvalue weighted by Crippen LogP contribution is 2.26. The topological polar surface area (TPSA) is 21.3 Å². The molecule has 2 aromatic carbocycles. The molecule has 1 N–H and O–H groups in total. The number of aryl methyl sites for hydroxylation is 2. The average Bonchev–Trinajstić information content (AvgIpc) is 2.45. The third-order valence-electron chi connectivity index (χ3n) is 3.26. The SMILES string of the molecule is CCCNCc1ccc(C)c(Oc2ccc(C)cc2)c1. The van der Waals surface area contributed by atoms with Crippen molar-refractivity contribution < 1.29 is 4.74 Å². The van der Waals surface area contributed by atoms with Gasteiger partial charge in [-0.2, -0.15) is 0 Å². The van der Waals surface area contributed by atoms with Gasteiger partial charge < -0.3 is 10.1 Å². The summed E-state index contributed by atoms with van der Waals surface area (Å²) in [6, 6.07) is 14.5. The second-order valence-corrected chi connectivity index (χ2v) is 5.19. The van der Waals surface area contributed by atoms with Gasteiger partial charge in [0.25, 0.3) is 0 Å². The first kappa shape index (κ1) is 14.6. The molecule has 0 unspecified atom stereocenters. The van der Waals surface area contributed by atoms with Crippen LogP contribution in [0.25, 0.3) is 0 Å². The Bertz CT molecular complexity index is 546. The Hall–Kier alpha value is -1.80. The molecule has 0 aliphatic heterocycles. The third-order valence-corrected chi connectivity index (χ3v) is 3.26. The minimum absolute atomic E-state index is 0.886. The highest BCUT2D eigenvalue weighted by Gasteiger charge is 2.03. The van der Waals surface area contributed by atoms with E-state index in [0.717, 1.165) is 36.6 Å². The van der Waals surface area contributed by atoms with E-state index >= 15 is 0 Å². The van der Waals surface area contributed by atoms with E-state index in [2.05, 4.69) is 56.4 Å². The van der Waals surface area contributed by atoms with Crippen LogP contribution < -0.4 is 10.1 Å². The van der Waals surface area contributed by atoms with Crippen LogP contribution in [0.4, 0.5) is 0 Å². The Morgan fingerprint density at radius 2 is 1.75 bits per heavy atom. The van der Waals surface area contributed by atoms with Gasteiger partial charge >= 0.3 is 0 Å². The average molecular weight is 269 g/mol. The summed E-state index contributed by atoms with van der Waals surface area (Å²) in [5.74, 6) is 1.82. The van der Waals surface area contributed by atoms with Gasteiger partial charge in [-0.3, -0.25) is 0 Å². The van der Waals surface area contributed by atoms with Crippen LogP contribution in [-0.4, -0.2) is 6.54 Å². The third kappa shape index (κ3) is 4.10. The second kappa shape index (κ2) is 7.11. The molecule has 0 aromatic heterocycles. The Kier molecular flexibility index (Phi) is 5.19. The lowest BCUT2D eigenvalue weighted by Crippen LogP contribution is -2.13. The molecule has 0 fully saturated rings. The Balaban J connectivity index is 2.09. The maximum Gasteiger partial charge on any atom is 0.130 e. The molecule has 0 amide bonds. The van der Waals surface area contributed by atoms with Crippen LogP contribution in [-0.2, 0) is 6.54 Å². The Morgan fingerprint density at radius 3 is 2.45 bits per heavy atom. The summed E-state index contributed by atoms with van der Waals surface area (Å²) >= 11 is 0. The first-order valence-corrected chi connectivity index (χ1v) is 7.24. The summed E-state index contributed by atoms with van der Waals surface area (Å²) in [6.45, 7) is 8.26. The molecule has 0 aliphatic carbocycles. The van der Waals surface area contributed by atoms with Crippen molar-refractivity contribution in [3.63, 3.8) is 0 Å². The van der Waals surface area contributed by atoms with Crippen LogP contribution in [0.15, 0.2) is 42.5 Å². The molecule has 2 nitrogen and oxygen atoms in total. The molecule has 0 atom stereocenters. The van der Waals surface area contributed by atoms with Crippen LogP contribution in [0, 0.1) is 13.8 Å². The van der Waals surface area contributed by atoms with Crippen LogP contribution in [0.1, 0.15) is 30.0 Å². The van der Waals surface area contributed by atoms with E-state index in [-0.39, 0.29) is 0 Å². The number of hydrogen-bond acceptors (Lipinski definition) is 2. The van der Waals surface area contributed by atoms with E-state index in [9.17, 15) is 0 Å². The molecule has 0 spiro atoms. The number of hydrogen-bond donors (Lipinski definition) is 1. The van der Waals surface area contributed by atoms with Crippen LogP contribution >= 0.6 is 0 Å². The molecule has 0 saturated carbocycles. The van der Waals surface area contributed by atoms with E-state index in [1.54, 1.807) is 0 Å². The highest BCUT2D eigenvalue weighted by atomic mass is 16.5. The number of benzene rings is 2. The minimum Gasteiger partial charge on any atom is -0.457 e. The molecule has 2 heteroatoms. The van der Waals surface area contributed by atoms with Crippen molar-refractivity contribution in [2.75, 3.05) is 6.54 Å². The summed E-state index contributed by atoms with van der Waals surface area (Å²) in [5, 5.41) is 3.41. The van der Waals surface area contributed by atoms with E-state index in [0.29, 0.717) is 0 Å². The monoisotopic (exact) mass is 269 g/mol. The molecule has 0 heterocycles. The fraction of sp³-hybridized carbons (Fsp3) is 0.333. The van der Waals surface area contributed by atoms with E-state index in [4.69, 9.17) is 4.74 Å². The Labute approximate surface area is 121 Å². The van der Waals surface area contributed by atoms with Gasteiger partial charge in [0.2, 0.25) is 0 Å². The van der Waals surface area contributed by atoms with Gasteiger partial charge in [0.1, 0.15) is 11.5 Å². The van der Waals surface area contributed by atoms with Gasteiger partial charge in [-0.05, 0) is 56.1 Å². The van der Waals surface area contributed by atoms with Crippen molar-refractivity contribution in [1.82, 2.24) is 5.32 Å². The van der Waals surface area contributed by atoms with Gasteiger partial charge in [0.15, 0.2) is 0 Å². The molecule has 0 radical (unpaired) electrons. The quantitative estimate of drug-likeness (QED) is 0.774. The zero-order valence-electron chi connectivity index (χ0n) is 12.6. The van der Waals surface area contributed by atoms with Gasteiger partial charge in [-0.1, -0.05) is 36.8 Å². The molecule has 20 heavy (non-hydrogen) atoms. The molecule has 0 aliphatic rings. The van der Waals surface area contributed by atoms with Crippen molar-refractivity contribution in [3.8, 4) is 11.5 Å². The maximum absolute atomic E-state index is 5.98. The lowest BCUT2D eigenvalue weighted by Gasteiger charge is -2.11. The van der Waals surface area contributed by atoms with Crippen molar-refractivity contribution in [2.45, 2.75) is 33.7 Å². The summed E-state index contributed by atoms with van der Waals surface area (Å²) in [7, 11) is 0. The molecular formula is C18H23NO. The summed E-state index contributed by atoms with van der Waals surface area (Å²) in [4.78, 5) is 0. The number of ether oxygens (including phenoxy) is 1. The van der Waals surface area contributed by atoms with Gasteiger partial charge in [0, 0.05) is 6.54 Å². The fourth-order valence-corrected chi connectivity index (χ4v) is 2.01. The summed E-state index contributed by atoms with van der Waals surface area (Å²) in [6.07, 6.45) is 1.15. The predicted octanol–water partition coefficient (Wildman–Crippen LogP) is 4.60. The highest BCUT2D eigenvalue weighted by molar-refractivity contribution is 5.40. The van der Waals surface area contributed by atoms with Crippen LogP contribution in [0.5, 0.6) is 11.5 Å². The number of nitrogens with one attached hydrogen (secondary N) is 1. The minimum atomic E-state index is 0.886. The van der Waals surface area contributed by atoms with Gasteiger partial charge in [0.05, 0.1) is 0 Å². The second-order valence-electron chi connectivity index (χ2n) is 5.19. The molecule has 0 bridgehead atoms. The normalized spacial score (nSPS) is 10.6. The van der Waals surface area contributed by atoms with Crippen molar-refractivity contribution >= 4 is 0 Å². The molecule has 0 saturated heterocycles. The van der Waals surface area contributed by atoms with E-state index < -0.39 is 0 Å². The standard InChI is InChI=1S/C18H23NO/c1-4-11-19-13-16-8-7-15(3)18(12-16)20-17-9-5-14(2)6-10-17/h5-10,12,19H,4,11,13H2,1-3H3. The first-order valence-electron chi connectivity index (χ1n) is 7.24. The molecule has 106 valence electrons. The summed E-state index contributed by atoms with van der Waals surface area (Å²) < 4.78 is 5.98. The first-order chi connectivity index (χ1) is 9.69. The van der Waals surface area contributed by atoms with Crippen LogP contribution in [0.2, 0.25) is 0 Å². The molecular weight excluding hydrogens is 246 g/mol. The molecule has 2 aromatic rings. The van der Waals surface area contributed by atoms with E-state index in [1.165, 1.54) is 11.1 Å². The maximum atomic E-state index is 5.98. The predicted molar refractivity (Wildman–Crippen MR) is 84.4 cm³/mol. The van der Waals surface area contributed by atoms with Gasteiger partial charge in [-0.15, -0.1) is 0 Å². The van der Waals surface area contributed by atoms with Crippen molar-refractivity contribution in [1.29, 1.82) is 0 Å². The van der Waals surface area contributed by atoms with E-state index in [1.807, 2.05) is 12.1 Å². The van der Waals surface area contributed by atoms with Crippen molar-refractivity contribution in [2.24, 2.45) is 0 Å². The fourth-order valence-electron chi connectivity index (χ4n) is 2.01. The lowest BCUT2D eigenvalue weighted by molar-refractivity contribution is 0.477. The van der Waals surface area contributed by atoms with Crippen molar-refractivity contribution in [3.05, 3.63) is 59.2 Å². The van der Waals surface area contributed by atoms with Gasteiger partial charge in [-0.25, -0.2) is 0 Å². The summed E-state index contributed by atoms with van der Waals surface area (Å²) in [5.41, 5.74) is 3.66. The zero-order valence-corrected chi connectivity index (χ0v) is 12.6. The largest absolute Gasteiger partial charge is 0.457 e. The molecule has 2 rings (SSSR count). The lowest BCUT2D eigenvalue weighted by atomic mass is 10.1. The van der Waals surface area contributed by atoms with Crippen LogP contribution in [0.3, 0.4) is 0 Å². The Morgan fingerprint density at radius 1 is 1.00 bits per heavy atom. The smallest absolute Gasteiger partial charge is 0.130 e. The number of rotatable bonds is 6. The zero-order chi connectivity index (χ0) is 14.4.